The Balaban J connectivity index is 1.37. The van der Waals surface area contributed by atoms with Crippen molar-refractivity contribution < 1.29 is 9.84 Å². The fraction of sp³-hybridized carbons (Fsp3) is 0.286. The molecule has 5 aromatic rings. The highest BCUT2D eigenvalue weighted by Gasteiger charge is 2.20. The number of aliphatic hydroxyl groups excluding tert-OH is 1. The van der Waals surface area contributed by atoms with Crippen LogP contribution in [0, 0.1) is 0 Å². The molecule has 0 saturated carbocycles. The van der Waals surface area contributed by atoms with Crippen LogP contribution in [-0.4, -0.2) is 69.6 Å². The lowest BCUT2D eigenvalue weighted by Gasteiger charge is -2.32. The molecule has 0 bridgehead atoms. The molecular weight excluding hydrogens is 526 g/mol. The largest absolute Gasteiger partial charge is 0.495 e. The third-order valence-corrected chi connectivity index (χ3v) is 7.85. The van der Waals surface area contributed by atoms with Gasteiger partial charge in [-0.25, -0.2) is 4.98 Å². The van der Waals surface area contributed by atoms with E-state index in [4.69, 9.17) is 14.7 Å². The Morgan fingerprint density at radius 2 is 1.85 bits per heavy atom. The molecule has 4 N–H and O–H groups in total. The summed E-state index contributed by atoms with van der Waals surface area (Å²) in [6.07, 6.45) is 8.54. The number of aromatic nitrogens is 5. The van der Waals surface area contributed by atoms with Crippen molar-refractivity contribution in [3.05, 3.63) is 55.0 Å². The number of fused-ring (bicyclic) bond motifs is 2. The Bertz CT molecular complexity index is 1650. The summed E-state index contributed by atoms with van der Waals surface area (Å²) in [6, 6.07) is 11.9. The van der Waals surface area contributed by atoms with Crippen molar-refractivity contribution in [2.45, 2.75) is 18.9 Å². The Hall–Kier alpha value is -4.29. The fourth-order valence-corrected chi connectivity index (χ4v) is 5.35. The Kier molecular flexibility index (Phi) is 7.18. The van der Waals surface area contributed by atoms with Gasteiger partial charge in [0.05, 0.1) is 41.3 Å². The number of hydrogen-bond acceptors (Lipinski definition) is 11. The van der Waals surface area contributed by atoms with Gasteiger partial charge in [-0.1, -0.05) is 11.9 Å². The van der Waals surface area contributed by atoms with Crippen molar-refractivity contribution in [3.8, 4) is 5.75 Å². The molecule has 0 unspecified atom stereocenters. The van der Waals surface area contributed by atoms with E-state index in [2.05, 4.69) is 34.8 Å². The summed E-state index contributed by atoms with van der Waals surface area (Å²) >= 11 is 1.59. The Morgan fingerprint density at radius 1 is 1.02 bits per heavy atom. The maximum Gasteiger partial charge on any atom is 0.229 e. The second kappa shape index (κ2) is 11.1. The zero-order chi connectivity index (χ0) is 27.6. The molecule has 0 atom stereocenters. The molecule has 6 rings (SSSR count). The number of anilines is 6. The topological polar surface area (TPSA) is 127 Å². The average Bonchev–Trinajstić information content (AvgIpc) is 3.46. The van der Waals surface area contributed by atoms with E-state index >= 15 is 0 Å². The van der Waals surface area contributed by atoms with Gasteiger partial charge in [0.1, 0.15) is 16.8 Å². The number of nitrogens with zero attached hydrogens (tertiary/aromatic N) is 6. The highest BCUT2D eigenvalue weighted by atomic mass is 32.2. The number of methoxy groups -OCH3 is 1. The molecule has 11 nitrogen and oxygen atoms in total. The second-order valence-electron chi connectivity index (χ2n) is 9.55. The molecule has 3 aromatic heterocycles. The average molecular weight is 558 g/mol. The van der Waals surface area contributed by atoms with Crippen molar-refractivity contribution >= 4 is 68.5 Å². The van der Waals surface area contributed by atoms with Gasteiger partial charge in [-0.15, -0.1) is 0 Å². The maximum absolute atomic E-state index is 9.93. The lowest BCUT2D eigenvalue weighted by molar-refractivity contribution is 0.145. The first-order valence-corrected chi connectivity index (χ1v) is 14.2. The van der Waals surface area contributed by atoms with Gasteiger partial charge in [0.25, 0.3) is 0 Å². The molecule has 1 saturated heterocycles. The van der Waals surface area contributed by atoms with Crippen molar-refractivity contribution in [1.82, 2.24) is 24.9 Å². The number of benzene rings is 2. The second-order valence-corrected chi connectivity index (χ2v) is 10.5. The number of hydrogen-bond donors (Lipinski definition) is 4. The number of H-pyrrole nitrogens is 1. The molecule has 206 valence electrons. The maximum atomic E-state index is 9.93. The monoisotopic (exact) mass is 557 g/mol. The Morgan fingerprint density at radius 3 is 2.65 bits per heavy atom. The summed E-state index contributed by atoms with van der Waals surface area (Å²) in [5.74, 6) is 1.74. The van der Waals surface area contributed by atoms with Crippen LogP contribution < -0.4 is 24.6 Å². The molecule has 0 amide bonds. The fourth-order valence-electron chi connectivity index (χ4n) is 4.99. The zero-order valence-electron chi connectivity index (χ0n) is 22.5. The van der Waals surface area contributed by atoms with Crippen LogP contribution >= 0.6 is 11.9 Å². The number of ether oxygens (including phenoxy) is 1. The molecule has 4 heterocycles. The first-order chi connectivity index (χ1) is 19.5. The van der Waals surface area contributed by atoms with Gasteiger partial charge in [-0.05, 0) is 49.2 Å². The van der Waals surface area contributed by atoms with Gasteiger partial charge < -0.3 is 34.7 Å². The smallest absolute Gasteiger partial charge is 0.229 e. The molecular formula is C28H31N9O2S. The molecule has 2 aromatic carbocycles. The number of rotatable bonds is 8. The number of aromatic amines is 1. The molecule has 12 heteroatoms. The molecule has 1 aliphatic rings. The lowest BCUT2D eigenvalue weighted by atomic mass is 10.1. The van der Waals surface area contributed by atoms with Crippen molar-refractivity contribution in [2.24, 2.45) is 0 Å². The number of aliphatic hydroxyl groups is 1. The number of nitrogens with one attached hydrogen (secondary N) is 3. The van der Waals surface area contributed by atoms with Crippen LogP contribution in [0.2, 0.25) is 0 Å². The normalized spacial score (nSPS) is 14.1. The summed E-state index contributed by atoms with van der Waals surface area (Å²) in [6.45, 7) is 1.60. The van der Waals surface area contributed by atoms with Crippen molar-refractivity contribution in [3.63, 3.8) is 0 Å². The summed E-state index contributed by atoms with van der Waals surface area (Å²) in [5, 5.41) is 16.8. The molecule has 1 fully saturated rings. The molecule has 0 aliphatic carbocycles. The predicted octanol–water partition coefficient (Wildman–Crippen LogP) is 5.07. The van der Waals surface area contributed by atoms with Gasteiger partial charge in [0.2, 0.25) is 5.95 Å². The lowest BCUT2D eigenvalue weighted by Crippen LogP contribution is -2.35. The minimum Gasteiger partial charge on any atom is -0.495 e. The van der Waals surface area contributed by atoms with Crippen molar-refractivity contribution in [2.75, 3.05) is 53.3 Å². The van der Waals surface area contributed by atoms with E-state index in [1.165, 1.54) is 0 Å². The van der Waals surface area contributed by atoms with Crippen LogP contribution in [-0.2, 0) is 0 Å². The van der Waals surface area contributed by atoms with E-state index in [1.54, 1.807) is 31.5 Å². The van der Waals surface area contributed by atoms with Crippen LogP contribution in [0.15, 0.2) is 55.0 Å². The van der Waals surface area contributed by atoms with Crippen LogP contribution in [0.1, 0.15) is 12.8 Å². The summed E-state index contributed by atoms with van der Waals surface area (Å²) in [5.41, 5.74) is 6.73. The number of piperidine rings is 1. The summed E-state index contributed by atoms with van der Waals surface area (Å²) in [4.78, 5) is 24.2. The van der Waals surface area contributed by atoms with E-state index in [1.807, 2.05) is 55.9 Å². The van der Waals surface area contributed by atoms with Crippen LogP contribution in [0.25, 0.3) is 22.1 Å². The molecule has 0 radical (unpaired) electrons. The summed E-state index contributed by atoms with van der Waals surface area (Å²) in [7, 11) is 3.64. The SMILES string of the molecule is COc1ccc(N2CCC(O)CC2)cc1Nc1nc(Nc2ccc3nccnc3c2N(C)SC)c2[nH]ccc2n1. The third kappa shape index (κ3) is 5.03. The van der Waals surface area contributed by atoms with Gasteiger partial charge in [-0.3, -0.25) is 9.97 Å². The highest BCUT2D eigenvalue weighted by molar-refractivity contribution is 7.99. The van der Waals surface area contributed by atoms with Gasteiger partial charge in [0, 0.05) is 50.7 Å². The van der Waals surface area contributed by atoms with E-state index in [9.17, 15) is 5.11 Å². The van der Waals surface area contributed by atoms with Crippen LogP contribution in [0.3, 0.4) is 0 Å². The van der Waals surface area contributed by atoms with E-state index < -0.39 is 0 Å². The zero-order valence-corrected chi connectivity index (χ0v) is 23.4. The Labute approximate surface area is 236 Å². The molecule has 0 spiro atoms. The van der Waals surface area contributed by atoms with E-state index in [0.29, 0.717) is 17.5 Å². The van der Waals surface area contributed by atoms with Crippen LogP contribution in [0.5, 0.6) is 5.75 Å². The quantitative estimate of drug-likeness (QED) is 0.191. The standard InChI is InChI=1S/C28H31N9O2S/c1-36(40-3)26-21(6-5-19-24(26)31-13-12-29-19)32-27-25-20(8-11-30-25)33-28(35-27)34-22-16-17(4-7-23(22)39-2)37-14-9-18(38)10-15-37/h4-8,11-13,16,18,30,38H,9-10,14-15H2,1-3H3,(H2,32,33,34,35). The third-order valence-electron chi connectivity index (χ3n) is 7.12. The van der Waals surface area contributed by atoms with Gasteiger partial charge >= 0.3 is 0 Å². The van der Waals surface area contributed by atoms with Gasteiger partial charge in [-0.2, -0.15) is 4.98 Å². The molecule has 1 aliphatic heterocycles. The van der Waals surface area contributed by atoms with E-state index in [0.717, 1.165) is 70.7 Å². The van der Waals surface area contributed by atoms with Crippen molar-refractivity contribution in [1.29, 1.82) is 0 Å². The molecule has 40 heavy (non-hydrogen) atoms. The first-order valence-electron chi connectivity index (χ1n) is 13.1. The highest BCUT2D eigenvalue weighted by Crippen LogP contribution is 2.38. The minimum absolute atomic E-state index is 0.231. The predicted molar refractivity (Wildman–Crippen MR) is 162 cm³/mol. The van der Waals surface area contributed by atoms with E-state index in [-0.39, 0.29) is 6.10 Å². The first kappa shape index (κ1) is 26.0. The van der Waals surface area contributed by atoms with Crippen LogP contribution in [0.4, 0.5) is 34.5 Å². The van der Waals surface area contributed by atoms with Gasteiger partial charge in [0.15, 0.2) is 5.82 Å². The minimum atomic E-state index is -0.231. The summed E-state index contributed by atoms with van der Waals surface area (Å²) < 4.78 is 7.71.